The van der Waals surface area contributed by atoms with Crippen LogP contribution in [-0.2, 0) is 0 Å². The number of halogens is 3. The van der Waals surface area contributed by atoms with Crippen molar-refractivity contribution in [2.45, 2.75) is 56.5 Å². The van der Waals surface area contributed by atoms with Gasteiger partial charge in [0.05, 0.1) is 5.92 Å². The highest BCUT2D eigenvalue weighted by atomic mass is 32.2. The Morgan fingerprint density at radius 1 is 1.19 bits per heavy atom. The van der Waals surface area contributed by atoms with Gasteiger partial charge in [-0.15, -0.1) is 0 Å². The van der Waals surface area contributed by atoms with Gasteiger partial charge in [-0.25, -0.2) is 0 Å². The van der Waals surface area contributed by atoms with Crippen LogP contribution in [0.4, 0.5) is 13.2 Å². The van der Waals surface area contributed by atoms with E-state index < -0.39 is 12.1 Å². The summed E-state index contributed by atoms with van der Waals surface area (Å²) in [5.41, 5.74) is 0. The molecule has 1 rings (SSSR count). The van der Waals surface area contributed by atoms with Gasteiger partial charge in [-0.1, -0.05) is 0 Å². The number of nitrogens with one attached hydrogen (secondary N) is 2. The lowest BCUT2D eigenvalue weighted by Crippen LogP contribution is -2.48. The molecule has 0 spiro atoms. The summed E-state index contributed by atoms with van der Waals surface area (Å²) in [7, 11) is 1.68. The molecule has 0 aromatic carbocycles. The van der Waals surface area contributed by atoms with E-state index in [1.54, 1.807) is 18.8 Å². The fourth-order valence-corrected chi connectivity index (χ4v) is 2.54. The Bertz CT molecular complexity index is 348. The van der Waals surface area contributed by atoms with E-state index in [0.717, 1.165) is 6.54 Å². The van der Waals surface area contributed by atoms with E-state index in [1.165, 1.54) is 0 Å². The summed E-state index contributed by atoms with van der Waals surface area (Å²) in [4.78, 5) is 4.15. The molecule has 0 aromatic rings. The Labute approximate surface area is 129 Å². The average Bonchev–Trinajstić information content (AvgIpc) is 2.43. The van der Waals surface area contributed by atoms with Crippen LogP contribution in [0.2, 0.25) is 0 Å². The van der Waals surface area contributed by atoms with Crippen molar-refractivity contribution in [1.29, 1.82) is 0 Å². The minimum absolute atomic E-state index is 0.0761. The van der Waals surface area contributed by atoms with Gasteiger partial charge in [0.15, 0.2) is 5.96 Å². The van der Waals surface area contributed by atoms with E-state index in [-0.39, 0.29) is 23.6 Å². The zero-order valence-corrected chi connectivity index (χ0v) is 14.0. The van der Waals surface area contributed by atoms with Gasteiger partial charge in [-0.2, -0.15) is 24.9 Å². The van der Waals surface area contributed by atoms with E-state index >= 15 is 0 Å². The number of rotatable bonds is 4. The van der Waals surface area contributed by atoms with Crippen molar-refractivity contribution >= 4 is 17.7 Å². The number of thioether (sulfide) groups is 1. The number of hydrogen-bond donors (Lipinski definition) is 2. The van der Waals surface area contributed by atoms with Crippen molar-refractivity contribution < 1.29 is 13.2 Å². The van der Waals surface area contributed by atoms with Crippen molar-refractivity contribution in [3.8, 4) is 0 Å². The van der Waals surface area contributed by atoms with Crippen molar-refractivity contribution in [3.05, 3.63) is 0 Å². The molecule has 3 nitrogen and oxygen atoms in total. The van der Waals surface area contributed by atoms with E-state index in [4.69, 9.17) is 0 Å². The maximum Gasteiger partial charge on any atom is 0.391 e. The molecule has 1 fully saturated rings. The Morgan fingerprint density at radius 2 is 1.76 bits per heavy atom. The van der Waals surface area contributed by atoms with Crippen LogP contribution in [0.1, 0.15) is 39.5 Å². The summed E-state index contributed by atoms with van der Waals surface area (Å²) >= 11 is 1.76. The van der Waals surface area contributed by atoms with Crippen LogP contribution < -0.4 is 10.6 Å². The third kappa shape index (κ3) is 6.36. The maximum absolute atomic E-state index is 12.6. The largest absolute Gasteiger partial charge is 0.391 e. The molecule has 124 valence electrons. The second-order valence-corrected chi connectivity index (χ2v) is 7.64. The van der Waals surface area contributed by atoms with Crippen LogP contribution in [0.15, 0.2) is 4.99 Å². The lowest BCUT2D eigenvalue weighted by molar-refractivity contribution is -0.182. The molecule has 0 amide bonds. The molecule has 0 saturated heterocycles. The number of guanidine groups is 1. The first-order chi connectivity index (χ1) is 9.68. The molecule has 1 saturated carbocycles. The molecule has 2 N–H and O–H groups in total. The second-order valence-electron chi connectivity index (χ2n) is 6.12. The molecule has 0 unspecified atom stereocenters. The van der Waals surface area contributed by atoms with E-state index in [0.29, 0.717) is 18.8 Å². The Balaban J connectivity index is 2.40. The standard InChI is InChI=1S/C14H26F3N3S/c1-13(2,21-4)9-19-12(18-3)20-11-7-5-10(6-8-11)14(15,16)17/h10-11H,5-9H2,1-4H3,(H2,18,19,20). The lowest BCUT2D eigenvalue weighted by atomic mass is 9.85. The first-order valence-corrected chi connectivity index (χ1v) is 8.49. The van der Waals surface area contributed by atoms with Gasteiger partial charge in [-0.05, 0) is 45.8 Å². The fourth-order valence-electron chi connectivity index (χ4n) is 2.32. The van der Waals surface area contributed by atoms with Crippen molar-refractivity contribution in [2.75, 3.05) is 19.8 Å². The molecular weight excluding hydrogens is 299 g/mol. The fraction of sp³-hybridized carbons (Fsp3) is 0.929. The second kappa shape index (κ2) is 7.61. The third-order valence-corrected chi connectivity index (χ3v) is 5.24. The number of nitrogens with zero attached hydrogens (tertiary/aromatic N) is 1. The van der Waals surface area contributed by atoms with Crippen LogP contribution in [0.3, 0.4) is 0 Å². The first-order valence-electron chi connectivity index (χ1n) is 7.27. The molecule has 1 aliphatic carbocycles. The Hall–Kier alpha value is -0.590. The van der Waals surface area contributed by atoms with E-state index in [2.05, 4.69) is 35.7 Å². The van der Waals surface area contributed by atoms with Crippen LogP contribution in [0, 0.1) is 5.92 Å². The van der Waals surface area contributed by atoms with Gasteiger partial charge < -0.3 is 10.6 Å². The highest BCUT2D eigenvalue weighted by Crippen LogP contribution is 2.37. The zero-order chi connectivity index (χ0) is 16.1. The van der Waals surface area contributed by atoms with Gasteiger partial charge in [0, 0.05) is 24.4 Å². The maximum atomic E-state index is 12.6. The zero-order valence-electron chi connectivity index (χ0n) is 13.2. The van der Waals surface area contributed by atoms with Crippen LogP contribution in [-0.4, -0.2) is 42.8 Å². The minimum Gasteiger partial charge on any atom is -0.355 e. The smallest absolute Gasteiger partial charge is 0.355 e. The van der Waals surface area contributed by atoms with Crippen molar-refractivity contribution in [2.24, 2.45) is 10.9 Å². The molecule has 7 heteroatoms. The summed E-state index contributed by atoms with van der Waals surface area (Å²) in [6, 6.07) is 0.0761. The predicted octanol–water partition coefficient (Wildman–Crippen LogP) is 3.41. The van der Waals surface area contributed by atoms with Gasteiger partial charge in [0.2, 0.25) is 0 Å². The normalized spacial score (nSPS) is 24.8. The van der Waals surface area contributed by atoms with Gasteiger partial charge in [0.1, 0.15) is 0 Å². The number of alkyl halides is 3. The quantitative estimate of drug-likeness (QED) is 0.614. The van der Waals surface area contributed by atoms with Crippen molar-refractivity contribution in [3.63, 3.8) is 0 Å². The summed E-state index contributed by atoms with van der Waals surface area (Å²) in [6.07, 6.45) is -0.514. The molecule has 21 heavy (non-hydrogen) atoms. The van der Waals surface area contributed by atoms with Crippen LogP contribution >= 0.6 is 11.8 Å². The molecule has 0 aliphatic heterocycles. The van der Waals surface area contributed by atoms with Crippen LogP contribution in [0.5, 0.6) is 0 Å². The molecule has 0 atom stereocenters. The molecule has 1 aliphatic rings. The lowest BCUT2D eigenvalue weighted by Gasteiger charge is -2.32. The van der Waals surface area contributed by atoms with Gasteiger partial charge in [0.25, 0.3) is 0 Å². The van der Waals surface area contributed by atoms with E-state index in [1.807, 2.05) is 0 Å². The molecule has 0 radical (unpaired) electrons. The summed E-state index contributed by atoms with van der Waals surface area (Å²) in [6.45, 7) is 5.02. The topological polar surface area (TPSA) is 36.4 Å². The van der Waals surface area contributed by atoms with Crippen molar-refractivity contribution in [1.82, 2.24) is 10.6 Å². The first kappa shape index (κ1) is 18.5. The number of aliphatic imine (C=N–C) groups is 1. The highest BCUT2D eigenvalue weighted by molar-refractivity contribution is 7.99. The summed E-state index contributed by atoms with van der Waals surface area (Å²) < 4.78 is 38.0. The highest BCUT2D eigenvalue weighted by Gasteiger charge is 2.41. The van der Waals surface area contributed by atoms with Gasteiger partial charge in [-0.3, -0.25) is 4.99 Å². The molecular formula is C14H26F3N3S. The number of hydrogen-bond acceptors (Lipinski definition) is 2. The predicted molar refractivity (Wildman–Crippen MR) is 83.9 cm³/mol. The molecule has 0 heterocycles. The average molecular weight is 325 g/mol. The SMILES string of the molecule is CN=C(NCC(C)(C)SC)NC1CCC(C(F)(F)F)CC1. The monoisotopic (exact) mass is 325 g/mol. The summed E-state index contributed by atoms with van der Waals surface area (Å²) in [5, 5.41) is 6.48. The van der Waals surface area contributed by atoms with Crippen LogP contribution in [0.25, 0.3) is 0 Å². The third-order valence-electron chi connectivity index (χ3n) is 3.99. The minimum atomic E-state index is -4.05. The van der Waals surface area contributed by atoms with Gasteiger partial charge >= 0.3 is 6.18 Å². The molecule has 0 aromatic heterocycles. The Kier molecular flexibility index (Phi) is 6.69. The molecule has 0 bridgehead atoms. The summed E-state index contributed by atoms with van der Waals surface area (Å²) in [5.74, 6) is -0.464. The van der Waals surface area contributed by atoms with E-state index in [9.17, 15) is 13.2 Å². The Morgan fingerprint density at radius 3 is 2.19 bits per heavy atom.